The fourth-order valence-electron chi connectivity index (χ4n) is 3.16. The summed E-state index contributed by atoms with van der Waals surface area (Å²) in [5.41, 5.74) is 5.01. The van der Waals surface area contributed by atoms with Gasteiger partial charge in [-0.05, 0) is 49.5 Å². The molecule has 0 saturated carbocycles. The highest BCUT2D eigenvalue weighted by molar-refractivity contribution is 5.96. The normalized spacial score (nSPS) is 14.1. The number of carbonyl (C=O) groups is 2. The van der Waals surface area contributed by atoms with Crippen LogP contribution in [0, 0.1) is 0 Å². The van der Waals surface area contributed by atoms with Gasteiger partial charge in [-0.3, -0.25) is 14.9 Å². The van der Waals surface area contributed by atoms with Crippen LogP contribution in [0.3, 0.4) is 0 Å². The van der Waals surface area contributed by atoms with Crippen LogP contribution in [0.4, 0.5) is 10.5 Å². The number of benzene rings is 2. The lowest BCUT2D eigenvalue weighted by atomic mass is 10.1. The second-order valence-electron chi connectivity index (χ2n) is 6.90. The number of carbonyl (C=O) groups excluding carboxylic acids is 2. The maximum Gasteiger partial charge on any atom is 0.324 e. The first kappa shape index (κ1) is 18.9. The van der Waals surface area contributed by atoms with Crippen molar-refractivity contribution in [1.82, 2.24) is 15.3 Å². The van der Waals surface area contributed by atoms with E-state index in [1.54, 1.807) is 34.6 Å². The Kier molecular flexibility index (Phi) is 5.73. The molecule has 1 heterocycles. The molecule has 0 aliphatic carbocycles. The van der Waals surface area contributed by atoms with E-state index in [0.29, 0.717) is 25.2 Å². The van der Waals surface area contributed by atoms with Crippen molar-refractivity contribution in [2.45, 2.75) is 13.1 Å². The number of amides is 3. The summed E-state index contributed by atoms with van der Waals surface area (Å²) >= 11 is 0. The Bertz CT molecular complexity index is 803. The van der Waals surface area contributed by atoms with Gasteiger partial charge in [-0.1, -0.05) is 24.3 Å². The lowest BCUT2D eigenvalue weighted by Gasteiger charge is -2.19. The predicted octanol–water partition coefficient (Wildman–Crippen LogP) is 2.31. The lowest BCUT2D eigenvalue weighted by molar-refractivity contribution is 0.0706. The third-order valence-electron chi connectivity index (χ3n) is 4.53. The molecule has 1 saturated heterocycles. The van der Waals surface area contributed by atoms with Gasteiger partial charge in [0.05, 0.1) is 0 Å². The summed E-state index contributed by atoms with van der Waals surface area (Å²) in [7, 11) is 4.07. The molecule has 7 heteroatoms. The predicted molar refractivity (Wildman–Crippen MR) is 103 cm³/mol. The monoisotopic (exact) mass is 368 g/mol. The Hall–Kier alpha value is -2.90. The summed E-state index contributed by atoms with van der Waals surface area (Å²) in [6.45, 7) is 2.71. The van der Waals surface area contributed by atoms with Gasteiger partial charge in [0.1, 0.15) is 0 Å². The highest BCUT2D eigenvalue weighted by Crippen LogP contribution is 2.22. The molecule has 0 atom stereocenters. The minimum absolute atomic E-state index is 0.0493. The van der Waals surface area contributed by atoms with E-state index in [-0.39, 0.29) is 6.03 Å². The van der Waals surface area contributed by atoms with Crippen LogP contribution in [0.25, 0.3) is 0 Å². The van der Waals surface area contributed by atoms with Crippen molar-refractivity contribution in [3.63, 3.8) is 0 Å². The first-order valence-electron chi connectivity index (χ1n) is 8.81. The first-order valence-corrected chi connectivity index (χ1v) is 8.81. The van der Waals surface area contributed by atoms with Crippen molar-refractivity contribution in [2.75, 3.05) is 32.1 Å². The highest BCUT2D eigenvalue weighted by Gasteiger charge is 2.29. The molecule has 0 spiro atoms. The summed E-state index contributed by atoms with van der Waals surface area (Å²) in [6.07, 6.45) is 0. The van der Waals surface area contributed by atoms with E-state index in [1.165, 1.54) is 5.56 Å². The van der Waals surface area contributed by atoms with Crippen LogP contribution < -0.4 is 10.4 Å². The molecule has 2 aromatic carbocycles. The minimum Gasteiger partial charge on any atom is -0.318 e. The van der Waals surface area contributed by atoms with Crippen LogP contribution in [0.15, 0.2) is 48.5 Å². The number of nitrogens with zero attached hydrogens (tertiary/aromatic N) is 3. The quantitative estimate of drug-likeness (QED) is 0.606. The molecule has 27 heavy (non-hydrogen) atoms. The van der Waals surface area contributed by atoms with Gasteiger partial charge in [0.15, 0.2) is 0 Å². The topological polar surface area (TPSA) is 76.1 Å². The molecule has 1 aliphatic rings. The van der Waals surface area contributed by atoms with Crippen LogP contribution in [-0.2, 0) is 13.1 Å². The van der Waals surface area contributed by atoms with Crippen molar-refractivity contribution >= 4 is 17.6 Å². The number of hydrogen-bond acceptors (Lipinski definition) is 4. The van der Waals surface area contributed by atoms with Crippen molar-refractivity contribution in [3.05, 3.63) is 65.2 Å². The lowest BCUT2D eigenvalue weighted by Crippen LogP contribution is -2.31. The molecule has 0 unspecified atom stereocenters. The van der Waals surface area contributed by atoms with Gasteiger partial charge in [0, 0.05) is 37.4 Å². The molecule has 1 fully saturated rings. The summed E-state index contributed by atoms with van der Waals surface area (Å²) in [5, 5.41) is 8.67. The zero-order valence-electron chi connectivity index (χ0n) is 15.6. The fourth-order valence-corrected chi connectivity index (χ4v) is 3.16. The van der Waals surface area contributed by atoms with Crippen LogP contribution in [0.1, 0.15) is 21.5 Å². The van der Waals surface area contributed by atoms with Gasteiger partial charge in [-0.2, -0.15) is 0 Å². The number of rotatable bonds is 6. The third-order valence-corrected chi connectivity index (χ3v) is 4.53. The van der Waals surface area contributed by atoms with Crippen molar-refractivity contribution in [2.24, 2.45) is 0 Å². The van der Waals surface area contributed by atoms with Crippen LogP contribution >= 0.6 is 0 Å². The van der Waals surface area contributed by atoms with E-state index in [1.807, 2.05) is 19.0 Å². The number of nitrogens with one attached hydrogen (secondary N) is 1. The summed E-state index contributed by atoms with van der Waals surface area (Å²) < 4.78 is 0. The van der Waals surface area contributed by atoms with Crippen LogP contribution in [0.2, 0.25) is 0 Å². The number of hydrogen-bond donors (Lipinski definition) is 2. The van der Waals surface area contributed by atoms with Gasteiger partial charge >= 0.3 is 6.03 Å². The van der Waals surface area contributed by atoms with Gasteiger partial charge in [-0.25, -0.2) is 10.3 Å². The molecule has 0 aromatic heterocycles. The molecular formula is C20H24N4O3. The Balaban J connectivity index is 1.63. The van der Waals surface area contributed by atoms with Crippen molar-refractivity contribution in [1.29, 1.82) is 0 Å². The second kappa shape index (κ2) is 8.20. The average Bonchev–Trinajstić information content (AvgIpc) is 3.03. The number of hydroxylamine groups is 1. The minimum atomic E-state index is -0.575. The largest absolute Gasteiger partial charge is 0.324 e. The van der Waals surface area contributed by atoms with Crippen molar-refractivity contribution in [3.8, 4) is 0 Å². The molecule has 0 bridgehead atoms. The Labute approximate surface area is 158 Å². The second-order valence-corrected chi connectivity index (χ2v) is 6.90. The Morgan fingerprint density at radius 1 is 1.04 bits per heavy atom. The SMILES string of the molecule is CN(C)Cc1ccc(CN2CCN(c3ccc(C(=O)NO)cc3)C2=O)cc1. The third kappa shape index (κ3) is 4.45. The molecule has 3 amide bonds. The van der Waals surface area contributed by atoms with Crippen LogP contribution in [0.5, 0.6) is 0 Å². The molecule has 1 aliphatic heterocycles. The Morgan fingerprint density at radius 2 is 1.67 bits per heavy atom. The molecule has 3 rings (SSSR count). The smallest absolute Gasteiger partial charge is 0.318 e. The number of urea groups is 1. The molecule has 7 nitrogen and oxygen atoms in total. The van der Waals surface area contributed by atoms with E-state index in [9.17, 15) is 9.59 Å². The van der Waals surface area contributed by atoms with E-state index in [4.69, 9.17) is 5.21 Å². The molecule has 2 N–H and O–H groups in total. The maximum absolute atomic E-state index is 12.7. The van der Waals surface area contributed by atoms with Gasteiger partial charge < -0.3 is 9.80 Å². The zero-order chi connectivity index (χ0) is 19.4. The molecule has 0 radical (unpaired) electrons. The standard InChI is InChI=1S/C20H24N4O3/c1-22(2)13-15-3-5-16(6-4-15)14-23-11-12-24(20(23)26)18-9-7-17(8-10-18)19(25)21-27/h3-10,27H,11-14H2,1-2H3,(H,21,25). The van der Waals surface area contributed by atoms with E-state index in [0.717, 1.165) is 17.8 Å². The average molecular weight is 368 g/mol. The first-order chi connectivity index (χ1) is 13.0. The molecule has 2 aromatic rings. The van der Waals surface area contributed by atoms with Crippen molar-refractivity contribution < 1.29 is 14.8 Å². The van der Waals surface area contributed by atoms with Gasteiger partial charge in [0.25, 0.3) is 5.91 Å². The molecule has 142 valence electrons. The van der Waals surface area contributed by atoms with Gasteiger partial charge in [-0.15, -0.1) is 0 Å². The Morgan fingerprint density at radius 3 is 2.26 bits per heavy atom. The highest BCUT2D eigenvalue weighted by atomic mass is 16.5. The summed E-state index contributed by atoms with van der Waals surface area (Å²) in [4.78, 5) is 29.7. The zero-order valence-corrected chi connectivity index (χ0v) is 15.6. The van der Waals surface area contributed by atoms with E-state index in [2.05, 4.69) is 29.2 Å². The van der Waals surface area contributed by atoms with E-state index < -0.39 is 5.91 Å². The number of anilines is 1. The van der Waals surface area contributed by atoms with Gasteiger partial charge in [0.2, 0.25) is 0 Å². The maximum atomic E-state index is 12.7. The fraction of sp³-hybridized carbons (Fsp3) is 0.300. The van der Waals surface area contributed by atoms with Crippen LogP contribution in [-0.4, -0.2) is 54.1 Å². The summed E-state index contributed by atoms with van der Waals surface area (Å²) in [6, 6.07) is 14.9. The van der Waals surface area contributed by atoms with E-state index >= 15 is 0 Å². The summed E-state index contributed by atoms with van der Waals surface area (Å²) in [5.74, 6) is -0.575. The molecular weight excluding hydrogens is 344 g/mol.